The summed E-state index contributed by atoms with van der Waals surface area (Å²) in [5, 5.41) is 7.64. The SMILES string of the molecule is O=S(=O)(c1ccc(F)c(CCl)c1)N1CCn2cnnc2C1. The standard InChI is InChI=1S/C12H12ClFN4O2S/c13-6-9-5-10(1-2-11(9)14)21(19,20)18-4-3-17-8-15-16-12(17)7-18/h1-2,5,8H,3-4,6-7H2. The van der Waals surface area contributed by atoms with Gasteiger partial charge in [0.05, 0.1) is 17.3 Å². The zero-order valence-electron chi connectivity index (χ0n) is 10.9. The van der Waals surface area contributed by atoms with E-state index in [9.17, 15) is 12.8 Å². The number of fused-ring (bicyclic) bond motifs is 1. The van der Waals surface area contributed by atoms with E-state index < -0.39 is 15.8 Å². The lowest BCUT2D eigenvalue weighted by Gasteiger charge is -2.26. The molecule has 6 nitrogen and oxygen atoms in total. The van der Waals surface area contributed by atoms with Crippen LogP contribution in [-0.2, 0) is 29.0 Å². The summed E-state index contributed by atoms with van der Waals surface area (Å²) in [7, 11) is -3.71. The lowest BCUT2D eigenvalue weighted by molar-refractivity contribution is 0.335. The zero-order valence-corrected chi connectivity index (χ0v) is 12.5. The number of sulfonamides is 1. The highest BCUT2D eigenvalue weighted by molar-refractivity contribution is 7.89. The van der Waals surface area contributed by atoms with Gasteiger partial charge in [-0.05, 0) is 18.2 Å². The Bertz CT molecular complexity index is 777. The average molecular weight is 331 g/mol. The van der Waals surface area contributed by atoms with E-state index in [0.29, 0.717) is 18.9 Å². The van der Waals surface area contributed by atoms with Gasteiger partial charge in [0.15, 0.2) is 0 Å². The third-order valence-electron chi connectivity index (χ3n) is 3.40. The summed E-state index contributed by atoms with van der Waals surface area (Å²) >= 11 is 5.62. The zero-order chi connectivity index (χ0) is 15.0. The first kappa shape index (κ1) is 14.4. The van der Waals surface area contributed by atoms with Crippen LogP contribution in [0.4, 0.5) is 4.39 Å². The van der Waals surface area contributed by atoms with Crippen LogP contribution >= 0.6 is 11.6 Å². The van der Waals surface area contributed by atoms with Crippen molar-refractivity contribution >= 4 is 21.6 Å². The molecule has 2 heterocycles. The van der Waals surface area contributed by atoms with Crippen LogP contribution in [-0.4, -0.2) is 34.0 Å². The highest BCUT2D eigenvalue weighted by Gasteiger charge is 2.29. The predicted molar refractivity (Wildman–Crippen MR) is 73.6 cm³/mol. The minimum absolute atomic E-state index is 0.0347. The number of alkyl halides is 1. The summed E-state index contributed by atoms with van der Waals surface area (Å²) in [6, 6.07) is 3.65. The second-order valence-corrected chi connectivity index (χ2v) is 6.87. The summed E-state index contributed by atoms with van der Waals surface area (Å²) in [5.74, 6) is -0.00406. The first-order valence-corrected chi connectivity index (χ1v) is 8.21. The van der Waals surface area contributed by atoms with Crippen molar-refractivity contribution in [3.63, 3.8) is 0 Å². The molecule has 0 spiro atoms. The molecule has 0 fully saturated rings. The van der Waals surface area contributed by atoms with Gasteiger partial charge >= 0.3 is 0 Å². The van der Waals surface area contributed by atoms with E-state index in [1.807, 2.05) is 0 Å². The van der Waals surface area contributed by atoms with E-state index in [1.165, 1.54) is 16.4 Å². The van der Waals surface area contributed by atoms with Gasteiger partial charge in [-0.3, -0.25) is 0 Å². The number of nitrogens with zero attached hydrogens (tertiary/aromatic N) is 4. The number of halogens is 2. The van der Waals surface area contributed by atoms with E-state index in [4.69, 9.17) is 11.6 Å². The van der Waals surface area contributed by atoms with Gasteiger partial charge in [0.1, 0.15) is 18.0 Å². The molecule has 9 heteroatoms. The maximum Gasteiger partial charge on any atom is 0.243 e. The Morgan fingerprint density at radius 3 is 2.90 bits per heavy atom. The van der Waals surface area contributed by atoms with Crippen LogP contribution < -0.4 is 0 Å². The Hall–Kier alpha value is -1.51. The number of benzene rings is 1. The van der Waals surface area contributed by atoms with Crippen molar-refractivity contribution in [3.05, 3.63) is 41.7 Å². The van der Waals surface area contributed by atoms with Gasteiger partial charge in [-0.15, -0.1) is 21.8 Å². The van der Waals surface area contributed by atoms with Gasteiger partial charge in [0.2, 0.25) is 10.0 Å². The van der Waals surface area contributed by atoms with Gasteiger partial charge < -0.3 is 4.57 Å². The fourth-order valence-corrected chi connectivity index (χ4v) is 3.85. The second kappa shape index (κ2) is 5.36. The van der Waals surface area contributed by atoms with Gasteiger partial charge in [-0.1, -0.05) is 0 Å². The highest BCUT2D eigenvalue weighted by Crippen LogP contribution is 2.23. The minimum Gasteiger partial charge on any atom is -0.315 e. The van der Waals surface area contributed by atoms with Crippen molar-refractivity contribution in [1.82, 2.24) is 19.1 Å². The van der Waals surface area contributed by atoms with Crippen LogP contribution in [0.5, 0.6) is 0 Å². The average Bonchev–Trinajstić information content (AvgIpc) is 2.94. The Balaban J connectivity index is 1.94. The third kappa shape index (κ3) is 2.54. The molecule has 1 aromatic heterocycles. The summed E-state index contributed by atoms with van der Waals surface area (Å²) in [4.78, 5) is 0.0347. The highest BCUT2D eigenvalue weighted by atomic mass is 35.5. The maximum absolute atomic E-state index is 13.4. The van der Waals surface area contributed by atoms with E-state index in [1.54, 1.807) is 10.9 Å². The van der Waals surface area contributed by atoms with E-state index in [-0.39, 0.29) is 22.9 Å². The second-order valence-electron chi connectivity index (χ2n) is 4.67. The largest absolute Gasteiger partial charge is 0.315 e. The monoisotopic (exact) mass is 330 g/mol. The Kier molecular flexibility index (Phi) is 3.68. The lowest BCUT2D eigenvalue weighted by atomic mass is 10.2. The van der Waals surface area contributed by atoms with Crippen LogP contribution in [0.25, 0.3) is 0 Å². The molecule has 0 saturated heterocycles. The fraction of sp³-hybridized carbons (Fsp3) is 0.333. The van der Waals surface area contributed by atoms with Crippen molar-refractivity contribution in [2.75, 3.05) is 6.54 Å². The molecule has 2 aromatic rings. The number of hydrogen-bond acceptors (Lipinski definition) is 4. The molecule has 0 unspecified atom stereocenters. The smallest absolute Gasteiger partial charge is 0.243 e. The Morgan fingerprint density at radius 1 is 1.33 bits per heavy atom. The first-order valence-electron chi connectivity index (χ1n) is 6.23. The van der Waals surface area contributed by atoms with Gasteiger partial charge in [-0.25, -0.2) is 12.8 Å². The van der Waals surface area contributed by atoms with E-state index in [2.05, 4.69) is 10.2 Å². The molecule has 0 N–H and O–H groups in total. The van der Waals surface area contributed by atoms with Crippen molar-refractivity contribution in [1.29, 1.82) is 0 Å². The van der Waals surface area contributed by atoms with E-state index >= 15 is 0 Å². The van der Waals surface area contributed by atoms with Gasteiger partial charge in [0, 0.05) is 18.7 Å². The molecule has 112 valence electrons. The molecule has 3 rings (SSSR count). The number of hydrogen-bond donors (Lipinski definition) is 0. The van der Waals surface area contributed by atoms with Crippen LogP contribution in [0.3, 0.4) is 0 Å². The van der Waals surface area contributed by atoms with Crippen molar-refractivity contribution in [2.45, 2.75) is 23.9 Å². The maximum atomic E-state index is 13.4. The first-order chi connectivity index (χ1) is 10.0. The fourth-order valence-electron chi connectivity index (χ4n) is 2.21. The van der Waals surface area contributed by atoms with Crippen LogP contribution in [0.1, 0.15) is 11.4 Å². The minimum atomic E-state index is -3.71. The molecule has 0 aliphatic carbocycles. The number of aromatic nitrogens is 3. The van der Waals surface area contributed by atoms with Crippen LogP contribution in [0, 0.1) is 5.82 Å². The Labute approximate surface area is 126 Å². The summed E-state index contributed by atoms with van der Waals surface area (Å²) in [5.41, 5.74) is 0.165. The third-order valence-corrected chi connectivity index (χ3v) is 5.53. The van der Waals surface area contributed by atoms with Crippen LogP contribution in [0.2, 0.25) is 0 Å². The number of rotatable bonds is 3. The molecule has 0 amide bonds. The molecule has 1 aromatic carbocycles. The molecular weight excluding hydrogens is 319 g/mol. The molecular formula is C12H12ClFN4O2S. The molecule has 21 heavy (non-hydrogen) atoms. The molecule has 1 aliphatic heterocycles. The normalized spacial score (nSPS) is 15.9. The van der Waals surface area contributed by atoms with Crippen molar-refractivity contribution in [2.24, 2.45) is 0 Å². The van der Waals surface area contributed by atoms with Crippen molar-refractivity contribution < 1.29 is 12.8 Å². The Morgan fingerprint density at radius 2 is 2.14 bits per heavy atom. The predicted octanol–water partition coefficient (Wildman–Crippen LogP) is 1.36. The van der Waals surface area contributed by atoms with Gasteiger partial charge in [-0.2, -0.15) is 4.31 Å². The molecule has 0 bridgehead atoms. The topological polar surface area (TPSA) is 68.1 Å². The van der Waals surface area contributed by atoms with E-state index in [0.717, 1.165) is 6.07 Å². The molecule has 0 atom stereocenters. The lowest BCUT2D eigenvalue weighted by Crippen LogP contribution is -2.38. The summed E-state index contributed by atoms with van der Waals surface area (Å²) < 4.78 is 41.8. The summed E-state index contributed by atoms with van der Waals surface area (Å²) in [6.45, 7) is 0.960. The van der Waals surface area contributed by atoms with Crippen LogP contribution in [0.15, 0.2) is 29.4 Å². The quantitative estimate of drug-likeness (QED) is 0.797. The van der Waals surface area contributed by atoms with Crippen molar-refractivity contribution in [3.8, 4) is 0 Å². The van der Waals surface area contributed by atoms with Gasteiger partial charge in [0.25, 0.3) is 0 Å². The summed E-state index contributed by atoms with van der Waals surface area (Å²) in [6.07, 6.45) is 1.57. The molecule has 1 aliphatic rings. The molecule has 0 saturated carbocycles. The molecule has 0 radical (unpaired) electrons.